The number of benzene rings is 1. The van der Waals surface area contributed by atoms with Crippen molar-refractivity contribution in [3.05, 3.63) is 28.8 Å². The van der Waals surface area contributed by atoms with Crippen LogP contribution < -0.4 is 10.6 Å². The van der Waals surface area contributed by atoms with E-state index >= 15 is 0 Å². The first kappa shape index (κ1) is 20.2. The molecular weight excluding hydrogens is 349 g/mol. The predicted molar refractivity (Wildman–Crippen MR) is 83.8 cm³/mol. The molecule has 0 aromatic heterocycles. The van der Waals surface area contributed by atoms with Crippen LogP contribution in [0.4, 0.5) is 18.9 Å². The van der Waals surface area contributed by atoms with Crippen LogP contribution in [0.1, 0.15) is 25.8 Å². The molecule has 5 nitrogen and oxygen atoms in total. The maximum Gasteiger partial charge on any atom is 0.418 e. The van der Waals surface area contributed by atoms with E-state index in [1.54, 1.807) is 0 Å². The van der Waals surface area contributed by atoms with Gasteiger partial charge in [-0.15, -0.1) is 0 Å². The lowest BCUT2D eigenvalue weighted by molar-refractivity contribution is -0.138. The third-order valence-corrected chi connectivity index (χ3v) is 3.03. The van der Waals surface area contributed by atoms with Crippen LogP contribution in [0.3, 0.4) is 0 Å². The maximum atomic E-state index is 12.9. The topological polar surface area (TPSA) is 67.4 Å². The highest BCUT2D eigenvalue weighted by molar-refractivity contribution is 6.39. The van der Waals surface area contributed by atoms with Gasteiger partial charge in [0.15, 0.2) is 0 Å². The highest BCUT2D eigenvalue weighted by Crippen LogP contribution is 2.36. The number of nitrogens with one attached hydrogen (secondary N) is 2. The van der Waals surface area contributed by atoms with Crippen LogP contribution in [-0.2, 0) is 20.5 Å². The molecule has 134 valence electrons. The first-order chi connectivity index (χ1) is 11.1. The Bertz CT molecular complexity index is 592. The molecule has 24 heavy (non-hydrogen) atoms. The van der Waals surface area contributed by atoms with Gasteiger partial charge in [0.25, 0.3) is 0 Å². The highest BCUT2D eigenvalue weighted by atomic mass is 35.5. The summed E-state index contributed by atoms with van der Waals surface area (Å²) in [7, 11) is 0. The van der Waals surface area contributed by atoms with E-state index < -0.39 is 29.2 Å². The van der Waals surface area contributed by atoms with E-state index in [4.69, 9.17) is 16.3 Å². The Morgan fingerprint density at radius 1 is 1.25 bits per heavy atom. The molecule has 0 aliphatic rings. The van der Waals surface area contributed by atoms with Crippen molar-refractivity contribution in [2.75, 3.05) is 18.5 Å². The van der Waals surface area contributed by atoms with Crippen molar-refractivity contribution in [2.24, 2.45) is 0 Å². The zero-order chi connectivity index (χ0) is 18.3. The molecule has 0 bridgehead atoms. The molecule has 1 rings (SSSR count). The maximum absolute atomic E-state index is 12.9. The minimum Gasteiger partial charge on any atom is -0.379 e. The van der Waals surface area contributed by atoms with Gasteiger partial charge < -0.3 is 15.4 Å². The van der Waals surface area contributed by atoms with Crippen molar-refractivity contribution in [1.82, 2.24) is 5.32 Å². The normalized spacial score (nSPS) is 11.5. The van der Waals surface area contributed by atoms with E-state index in [1.807, 2.05) is 19.2 Å². The Morgan fingerprint density at radius 2 is 1.92 bits per heavy atom. The highest BCUT2D eigenvalue weighted by Gasteiger charge is 2.34. The molecule has 0 spiro atoms. The summed E-state index contributed by atoms with van der Waals surface area (Å²) in [6.45, 7) is 4.29. The van der Waals surface area contributed by atoms with E-state index in [-0.39, 0.29) is 17.7 Å². The summed E-state index contributed by atoms with van der Waals surface area (Å²) in [5.41, 5.74) is -1.66. The van der Waals surface area contributed by atoms with Crippen molar-refractivity contribution >= 4 is 29.1 Å². The summed E-state index contributed by atoms with van der Waals surface area (Å²) in [5.74, 6) is -2.21. The van der Waals surface area contributed by atoms with Gasteiger partial charge in [0.2, 0.25) is 0 Å². The summed E-state index contributed by atoms with van der Waals surface area (Å²) in [5, 5.41) is 4.12. The Morgan fingerprint density at radius 3 is 2.50 bits per heavy atom. The Balaban J connectivity index is 2.60. The summed E-state index contributed by atoms with van der Waals surface area (Å²) in [4.78, 5) is 23.3. The summed E-state index contributed by atoms with van der Waals surface area (Å²) >= 11 is 5.54. The number of halogens is 4. The monoisotopic (exact) mass is 366 g/mol. The average molecular weight is 367 g/mol. The number of hydrogen-bond acceptors (Lipinski definition) is 3. The van der Waals surface area contributed by atoms with Crippen LogP contribution in [0.2, 0.25) is 5.02 Å². The second-order valence-electron chi connectivity index (χ2n) is 5.17. The van der Waals surface area contributed by atoms with Crippen LogP contribution >= 0.6 is 11.6 Å². The number of amides is 2. The van der Waals surface area contributed by atoms with E-state index in [9.17, 15) is 22.8 Å². The third-order valence-electron chi connectivity index (χ3n) is 2.80. The molecule has 0 saturated heterocycles. The van der Waals surface area contributed by atoms with Crippen LogP contribution in [0.25, 0.3) is 0 Å². The fourth-order valence-corrected chi connectivity index (χ4v) is 1.88. The molecular formula is C15H18ClF3N2O3. The number of carbonyl (C=O) groups is 2. The first-order valence-electron chi connectivity index (χ1n) is 7.18. The second-order valence-corrected chi connectivity index (χ2v) is 5.61. The molecule has 1 aromatic carbocycles. The Labute approximate surface area is 142 Å². The van der Waals surface area contributed by atoms with Crippen molar-refractivity contribution in [2.45, 2.75) is 32.5 Å². The molecule has 0 fully saturated rings. The minimum atomic E-state index is -4.71. The van der Waals surface area contributed by atoms with E-state index in [1.165, 1.54) is 6.07 Å². The number of carbonyl (C=O) groups excluding carboxylic acids is 2. The van der Waals surface area contributed by atoms with Crippen LogP contribution in [0.15, 0.2) is 18.2 Å². The lowest BCUT2D eigenvalue weighted by Crippen LogP contribution is -2.36. The molecule has 0 heterocycles. The van der Waals surface area contributed by atoms with Gasteiger partial charge >= 0.3 is 18.0 Å². The molecule has 0 aliphatic heterocycles. The van der Waals surface area contributed by atoms with Crippen LogP contribution in [-0.4, -0.2) is 31.1 Å². The summed E-state index contributed by atoms with van der Waals surface area (Å²) in [6, 6.07) is 2.86. The summed E-state index contributed by atoms with van der Waals surface area (Å²) in [6.07, 6.45) is -4.18. The van der Waals surface area contributed by atoms with E-state index in [0.29, 0.717) is 19.1 Å². The van der Waals surface area contributed by atoms with E-state index in [2.05, 4.69) is 5.32 Å². The van der Waals surface area contributed by atoms with Gasteiger partial charge in [0.05, 0.1) is 17.4 Å². The van der Waals surface area contributed by atoms with Crippen LogP contribution in [0.5, 0.6) is 0 Å². The van der Waals surface area contributed by atoms with Crippen LogP contribution in [0, 0.1) is 0 Å². The fraction of sp³-hybridized carbons (Fsp3) is 0.467. The lowest BCUT2D eigenvalue weighted by atomic mass is 10.1. The molecule has 2 N–H and O–H groups in total. The largest absolute Gasteiger partial charge is 0.418 e. The first-order valence-corrected chi connectivity index (χ1v) is 7.56. The fourth-order valence-electron chi connectivity index (χ4n) is 1.71. The zero-order valence-corrected chi connectivity index (χ0v) is 13.9. The van der Waals surface area contributed by atoms with Gasteiger partial charge in [-0.25, -0.2) is 0 Å². The molecule has 0 unspecified atom stereocenters. The smallest absolute Gasteiger partial charge is 0.379 e. The molecule has 2 amide bonds. The van der Waals surface area contributed by atoms with Crippen molar-refractivity contribution in [3.63, 3.8) is 0 Å². The minimum absolute atomic E-state index is 0.0506. The van der Waals surface area contributed by atoms with Gasteiger partial charge in [0, 0.05) is 18.2 Å². The number of hydrogen-bond donors (Lipinski definition) is 2. The van der Waals surface area contributed by atoms with E-state index in [0.717, 1.165) is 6.07 Å². The number of ether oxygens (including phenoxy) is 1. The van der Waals surface area contributed by atoms with Crippen molar-refractivity contribution < 1.29 is 27.5 Å². The van der Waals surface area contributed by atoms with Crippen molar-refractivity contribution in [1.29, 1.82) is 0 Å². The van der Waals surface area contributed by atoms with Crippen molar-refractivity contribution in [3.8, 4) is 0 Å². The number of alkyl halides is 3. The molecule has 0 radical (unpaired) electrons. The Kier molecular flexibility index (Phi) is 7.50. The zero-order valence-electron chi connectivity index (χ0n) is 13.2. The average Bonchev–Trinajstić information content (AvgIpc) is 2.47. The standard InChI is InChI=1S/C15H18ClF3N2O3/c1-9(2)24-7-3-6-20-13(22)14(23)21-12-5-4-10(16)8-11(12)15(17,18)19/h4-5,8-9H,3,6-7H2,1-2H3,(H,20,22)(H,21,23). The quantitative estimate of drug-likeness (QED) is 0.600. The molecule has 0 atom stereocenters. The van der Waals surface area contributed by atoms with Gasteiger partial charge in [-0.05, 0) is 38.5 Å². The molecule has 9 heteroatoms. The molecule has 0 aliphatic carbocycles. The third kappa shape index (κ3) is 6.76. The van der Waals surface area contributed by atoms with Gasteiger partial charge in [-0.2, -0.15) is 13.2 Å². The van der Waals surface area contributed by atoms with Gasteiger partial charge in [0.1, 0.15) is 0 Å². The second kappa shape index (κ2) is 8.89. The molecule has 0 saturated carbocycles. The predicted octanol–water partition coefficient (Wildman–Crippen LogP) is 3.23. The Hall–Kier alpha value is -1.80. The van der Waals surface area contributed by atoms with Gasteiger partial charge in [-0.3, -0.25) is 9.59 Å². The number of rotatable bonds is 6. The number of anilines is 1. The SMILES string of the molecule is CC(C)OCCCNC(=O)C(=O)Nc1ccc(Cl)cc1C(F)(F)F. The molecule has 1 aromatic rings. The summed E-state index contributed by atoms with van der Waals surface area (Å²) < 4.78 is 44.0. The lowest BCUT2D eigenvalue weighted by Gasteiger charge is -2.14. The van der Waals surface area contributed by atoms with Gasteiger partial charge in [-0.1, -0.05) is 11.6 Å².